The van der Waals surface area contributed by atoms with Crippen LogP contribution in [0.4, 0.5) is 0 Å². The van der Waals surface area contributed by atoms with Crippen molar-refractivity contribution < 1.29 is 14.3 Å². The number of hydrogen-bond acceptors (Lipinski definition) is 3. The van der Waals surface area contributed by atoms with E-state index in [0.29, 0.717) is 25.8 Å². The van der Waals surface area contributed by atoms with Crippen molar-refractivity contribution in [1.29, 1.82) is 0 Å². The standard InChI is InChI=1S/C9H16O3/c10-8-11-6-7-12-9-4-2-1-3-5-9/h8-9H,1-7H2. The van der Waals surface area contributed by atoms with Crippen molar-refractivity contribution in [2.45, 2.75) is 38.2 Å². The molecule has 0 saturated heterocycles. The van der Waals surface area contributed by atoms with Crippen LogP contribution in [0.15, 0.2) is 0 Å². The lowest BCUT2D eigenvalue weighted by molar-refractivity contribution is -0.131. The topological polar surface area (TPSA) is 35.5 Å². The molecule has 0 aliphatic heterocycles. The molecule has 0 atom stereocenters. The molecule has 0 spiro atoms. The molecule has 0 radical (unpaired) electrons. The first-order chi connectivity index (χ1) is 5.93. The fraction of sp³-hybridized carbons (Fsp3) is 0.889. The van der Waals surface area contributed by atoms with E-state index in [0.717, 1.165) is 0 Å². The lowest BCUT2D eigenvalue weighted by Crippen LogP contribution is -2.18. The lowest BCUT2D eigenvalue weighted by Gasteiger charge is -2.21. The second kappa shape index (κ2) is 6.00. The fourth-order valence-corrected chi connectivity index (χ4v) is 1.54. The molecule has 1 saturated carbocycles. The molecular weight excluding hydrogens is 156 g/mol. The molecule has 3 nitrogen and oxygen atoms in total. The predicted molar refractivity (Wildman–Crippen MR) is 44.8 cm³/mol. The zero-order valence-electron chi connectivity index (χ0n) is 7.33. The van der Waals surface area contributed by atoms with E-state index in [1.165, 1.54) is 32.1 Å². The summed E-state index contributed by atoms with van der Waals surface area (Å²) in [4.78, 5) is 9.78. The first-order valence-electron chi connectivity index (χ1n) is 4.60. The lowest BCUT2D eigenvalue weighted by atomic mass is 9.98. The van der Waals surface area contributed by atoms with Gasteiger partial charge in [-0.3, -0.25) is 4.79 Å². The Morgan fingerprint density at radius 2 is 1.92 bits per heavy atom. The van der Waals surface area contributed by atoms with E-state index in [1.54, 1.807) is 0 Å². The van der Waals surface area contributed by atoms with Crippen LogP contribution >= 0.6 is 0 Å². The van der Waals surface area contributed by atoms with Gasteiger partial charge in [0.1, 0.15) is 6.61 Å². The van der Waals surface area contributed by atoms with E-state index in [9.17, 15) is 4.79 Å². The monoisotopic (exact) mass is 172 g/mol. The Kier molecular flexibility index (Phi) is 4.76. The van der Waals surface area contributed by atoms with Crippen molar-refractivity contribution in [1.82, 2.24) is 0 Å². The van der Waals surface area contributed by atoms with Gasteiger partial charge in [-0.25, -0.2) is 0 Å². The molecular formula is C9H16O3. The summed E-state index contributed by atoms with van der Waals surface area (Å²) < 4.78 is 10.0. The predicted octanol–water partition coefficient (Wildman–Crippen LogP) is 1.51. The molecule has 0 aromatic heterocycles. The van der Waals surface area contributed by atoms with Gasteiger partial charge in [0.25, 0.3) is 6.47 Å². The van der Waals surface area contributed by atoms with Crippen LogP contribution in [0.3, 0.4) is 0 Å². The van der Waals surface area contributed by atoms with Gasteiger partial charge in [0.05, 0.1) is 12.7 Å². The van der Waals surface area contributed by atoms with Crippen molar-refractivity contribution in [3.05, 3.63) is 0 Å². The Balaban J connectivity index is 1.94. The number of ether oxygens (including phenoxy) is 2. The number of carbonyl (C=O) groups excluding carboxylic acids is 1. The molecule has 0 unspecified atom stereocenters. The summed E-state index contributed by atoms with van der Waals surface area (Å²) in [5.41, 5.74) is 0. The van der Waals surface area contributed by atoms with Crippen LogP contribution < -0.4 is 0 Å². The van der Waals surface area contributed by atoms with Crippen molar-refractivity contribution >= 4 is 6.47 Å². The molecule has 1 rings (SSSR count). The molecule has 0 aromatic rings. The fourth-order valence-electron chi connectivity index (χ4n) is 1.54. The van der Waals surface area contributed by atoms with Gasteiger partial charge in [-0.05, 0) is 12.8 Å². The van der Waals surface area contributed by atoms with Gasteiger partial charge in [-0.15, -0.1) is 0 Å². The highest BCUT2D eigenvalue weighted by atomic mass is 16.5. The summed E-state index contributed by atoms with van der Waals surface area (Å²) in [5.74, 6) is 0. The molecule has 0 aromatic carbocycles. The van der Waals surface area contributed by atoms with Crippen LogP contribution in [0.1, 0.15) is 32.1 Å². The highest BCUT2D eigenvalue weighted by molar-refractivity contribution is 5.36. The first-order valence-corrected chi connectivity index (χ1v) is 4.60. The minimum absolute atomic E-state index is 0.389. The van der Waals surface area contributed by atoms with Gasteiger partial charge in [-0.2, -0.15) is 0 Å². The smallest absolute Gasteiger partial charge is 0.293 e. The van der Waals surface area contributed by atoms with Gasteiger partial charge >= 0.3 is 0 Å². The maximum Gasteiger partial charge on any atom is 0.293 e. The molecule has 0 bridgehead atoms. The van der Waals surface area contributed by atoms with Gasteiger partial charge in [-0.1, -0.05) is 19.3 Å². The van der Waals surface area contributed by atoms with Crippen molar-refractivity contribution in [3.63, 3.8) is 0 Å². The summed E-state index contributed by atoms with van der Waals surface area (Å²) in [5, 5.41) is 0. The third-order valence-corrected chi connectivity index (χ3v) is 2.17. The molecule has 3 heteroatoms. The minimum Gasteiger partial charge on any atom is -0.465 e. The van der Waals surface area contributed by atoms with Crippen LogP contribution in [-0.4, -0.2) is 25.8 Å². The maximum absolute atomic E-state index is 9.78. The van der Waals surface area contributed by atoms with Gasteiger partial charge < -0.3 is 9.47 Å². The summed E-state index contributed by atoms with van der Waals surface area (Å²) in [6, 6.07) is 0. The highest BCUT2D eigenvalue weighted by Gasteiger charge is 2.12. The number of carbonyl (C=O) groups is 1. The zero-order valence-corrected chi connectivity index (χ0v) is 7.33. The van der Waals surface area contributed by atoms with E-state index in [1.807, 2.05) is 0 Å². The van der Waals surface area contributed by atoms with Crippen LogP contribution in [0.5, 0.6) is 0 Å². The van der Waals surface area contributed by atoms with Crippen molar-refractivity contribution in [3.8, 4) is 0 Å². The largest absolute Gasteiger partial charge is 0.465 e. The van der Waals surface area contributed by atoms with Crippen LogP contribution in [0, 0.1) is 0 Å². The Morgan fingerprint density at radius 3 is 2.58 bits per heavy atom. The van der Waals surface area contributed by atoms with E-state index < -0.39 is 0 Å². The Bertz CT molecular complexity index is 119. The third kappa shape index (κ3) is 3.72. The van der Waals surface area contributed by atoms with Crippen LogP contribution in [0.25, 0.3) is 0 Å². The molecule has 12 heavy (non-hydrogen) atoms. The summed E-state index contributed by atoms with van der Waals surface area (Å²) in [6.07, 6.45) is 6.64. The summed E-state index contributed by atoms with van der Waals surface area (Å²) in [6.45, 7) is 1.40. The molecule has 1 aliphatic carbocycles. The molecule has 1 aliphatic rings. The average Bonchev–Trinajstić information content (AvgIpc) is 2.14. The Labute approximate surface area is 73.0 Å². The van der Waals surface area contributed by atoms with Gasteiger partial charge in [0, 0.05) is 0 Å². The van der Waals surface area contributed by atoms with E-state index in [4.69, 9.17) is 4.74 Å². The van der Waals surface area contributed by atoms with Crippen LogP contribution in [-0.2, 0) is 14.3 Å². The molecule has 70 valence electrons. The zero-order chi connectivity index (χ0) is 8.65. The highest BCUT2D eigenvalue weighted by Crippen LogP contribution is 2.19. The SMILES string of the molecule is O=COCCOC1CCCCC1. The average molecular weight is 172 g/mol. The van der Waals surface area contributed by atoms with Gasteiger partial charge in [0.2, 0.25) is 0 Å². The second-order valence-corrected chi connectivity index (χ2v) is 3.10. The van der Waals surface area contributed by atoms with E-state index >= 15 is 0 Å². The number of hydrogen-bond donors (Lipinski definition) is 0. The van der Waals surface area contributed by atoms with Crippen molar-refractivity contribution in [2.24, 2.45) is 0 Å². The quantitative estimate of drug-likeness (QED) is 0.466. The molecule has 0 N–H and O–H groups in total. The van der Waals surface area contributed by atoms with Crippen LogP contribution in [0.2, 0.25) is 0 Å². The second-order valence-electron chi connectivity index (χ2n) is 3.10. The minimum atomic E-state index is 0.389. The van der Waals surface area contributed by atoms with Crippen molar-refractivity contribution in [2.75, 3.05) is 13.2 Å². The van der Waals surface area contributed by atoms with E-state index in [2.05, 4.69) is 4.74 Å². The van der Waals surface area contributed by atoms with Gasteiger partial charge in [0.15, 0.2) is 0 Å². The Hall–Kier alpha value is -0.570. The maximum atomic E-state index is 9.78. The molecule has 0 heterocycles. The number of rotatable bonds is 5. The first kappa shape index (κ1) is 9.52. The molecule has 0 amide bonds. The molecule has 1 fully saturated rings. The summed E-state index contributed by atoms with van der Waals surface area (Å²) >= 11 is 0. The Morgan fingerprint density at radius 1 is 1.17 bits per heavy atom. The third-order valence-electron chi connectivity index (χ3n) is 2.17. The summed E-state index contributed by atoms with van der Waals surface area (Å²) in [7, 11) is 0. The normalized spacial score (nSPS) is 19.0. The van der Waals surface area contributed by atoms with E-state index in [-0.39, 0.29) is 0 Å².